The normalized spacial score (nSPS) is 12.8. The first-order chi connectivity index (χ1) is 21.8. The summed E-state index contributed by atoms with van der Waals surface area (Å²) >= 11 is 5.65. The van der Waals surface area contributed by atoms with E-state index < -0.39 is 29.6 Å². The van der Waals surface area contributed by atoms with E-state index in [1.807, 2.05) is 30.5 Å². The number of alkyl halides is 3. The lowest BCUT2D eigenvalue weighted by molar-refractivity contribution is -0.138. The van der Waals surface area contributed by atoms with Gasteiger partial charge in [0.25, 0.3) is 0 Å². The number of thiocarbonyl (C=S) groups is 1. The molecular weight excluding hydrogens is 616 g/mol. The molecule has 0 aliphatic heterocycles. The quantitative estimate of drug-likeness (QED) is 0.0976. The Bertz CT molecular complexity index is 1700. The number of nitrogens with one attached hydrogen (secondary N) is 1. The first kappa shape index (κ1) is 34.3. The lowest BCUT2D eigenvalue weighted by atomic mass is 9.88. The molecule has 0 saturated carbocycles. The number of carbonyl (C=O) groups excluding carboxylic acids is 1. The fraction of sp³-hybridized carbons (Fsp3) is 0.294. The Kier molecular flexibility index (Phi) is 11.3. The van der Waals surface area contributed by atoms with Crippen LogP contribution in [-0.4, -0.2) is 31.5 Å². The van der Waals surface area contributed by atoms with Crippen LogP contribution >= 0.6 is 12.2 Å². The van der Waals surface area contributed by atoms with Crippen molar-refractivity contribution < 1.29 is 22.4 Å². The van der Waals surface area contributed by atoms with Gasteiger partial charge in [-0.05, 0) is 72.1 Å². The fourth-order valence-corrected chi connectivity index (χ4v) is 5.51. The topological polar surface area (TPSA) is 100.0 Å². The number of hydrogen-bond acceptors (Lipinski definition) is 5. The van der Waals surface area contributed by atoms with Gasteiger partial charge in [0.15, 0.2) is 5.11 Å². The smallest absolute Gasteiger partial charge is 0.332 e. The number of benzene rings is 3. The molecule has 4 aromatic rings. The molecular formula is C34H34F4N6OS. The van der Waals surface area contributed by atoms with Crippen molar-refractivity contribution in [2.24, 2.45) is 17.6 Å². The van der Waals surface area contributed by atoms with Crippen molar-refractivity contribution in [3.05, 3.63) is 119 Å². The third-order valence-corrected chi connectivity index (χ3v) is 7.84. The van der Waals surface area contributed by atoms with E-state index in [1.54, 1.807) is 30.7 Å². The molecule has 0 fully saturated rings. The van der Waals surface area contributed by atoms with Crippen molar-refractivity contribution in [1.29, 1.82) is 5.26 Å². The second-order valence-corrected chi connectivity index (χ2v) is 11.8. The van der Waals surface area contributed by atoms with Gasteiger partial charge in [0.2, 0.25) is 0 Å². The minimum absolute atomic E-state index is 0.0117. The average molecular weight is 651 g/mol. The molecule has 0 aliphatic rings. The number of Topliss-reactive ketones (excluding diaryl/α,β-unsaturated/α-hetero) is 1. The molecule has 0 spiro atoms. The number of nitriles is 1. The van der Waals surface area contributed by atoms with Gasteiger partial charge in [0, 0.05) is 37.1 Å². The SMILES string of the molecule is CC(C)C[C@H](C(=O)Cc1cncn1Cc1ccc(C#N)cc1)C(N)N(Cc1ccccc1C(F)(F)F)C(=S)Nc1cccc(F)c1. The van der Waals surface area contributed by atoms with Gasteiger partial charge in [-0.1, -0.05) is 50.2 Å². The molecule has 4 rings (SSSR count). The number of aromatic nitrogens is 2. The first-order valence-corrected chi connectivity index (χ1v) is 15.0. The summed E-state index contributed by atoms with van der Waals surface area (Å²) in [5.74, 6) is -1.58. The van der Waals surface area contributed by atoms with Crippen molar-refractivity contribution >= 4 is 28.8 Å². The third kappa shape index (κ3) is 8.99. The summed E-state index contributed by atoms with van der Waals surface area (Å²) in [6.45, 7) is 3.91. The molecule has 1 heterocycles. The lowest BCUT2D eigenvalue weighted by Gasteiger charge is -2.37. The summed E-state index contributed by atoms with van der Waals surface area (Å²) in [4.78, 5) is 19.6. The van der Waals surface area contributed by atoms with Crippen molar-refractivity contribution in [2.75, 3.05) is 5.32 Å². The molecule has 1 unspecified atom stereocenters. The molecule has 0 radical (unpaired) electrons. The molecule has 46 heavy (non-hydrogen) atoms. The number of hydrogen-bond donors (Lipinski definition) is 2. The maximum Gasteiger partial charge on any atom is 0.416 e. The van der Waals surface area contributed by atoms with Gasteiger partial charge >= 0.3 is 6.18 Å². The van der Waals surface area contributed by atoms with Gasteiger partial charge in [-0.3, -0.25) is 4.79 Å². The van der Waals surface area contributed by atoms with Crippen molar-refractivity contribution in [1.82, 2.24) is 14.5 Å². The summed E-state index contributed by atoms with van der Waals surface area (Å²) in [6, 6.07) is 19.7. The summed E-state index contributed by atoms with van der Waals surface area (Å²) in [5, 5.41) is 11.9. The van der Waals surface area contributed by atoms with E-state index >= 15 is 0 Å². The minimum atomic E-state index is -4.63. The van der Waals surface area contributed by atoms with E-state index in [4.69, 9.17) is 23.2 Å². The van der Waals surface area contributed by atoms with E-state index in [-0.39, 0.29) is 41.0 Å². The van der Waals surface area contributed by atoms with Crippen LogP contribution in [-0.2, 0) is 30.5 Å². The van der Waals surface area contributed by atoms with Gasteiger partial charge in [-0.15, -0.1) is 0 Å². The highest BCUT2D eigenvalue weighted by molar-refractivity contribution is 7.80. The molecule has 7 nitrogen and oxygen atoms in total. The maximum atomic E-state index is 14.0. The first-order valence-electron chi connectivity index (χ1n) is 14.6. The molecule has 12 heteroatoms. The number of carbonyl (C=O) groups is 1. The third-order valence-electron chi connectivity index (χ3n) is 7.50. The zero-order valence-corrected chi connectivity index (χ0v) is 26.2. The molecule has 0 bridgehead atoms. The van der Waals surface area contributed by atoms with E-state index in [2.05, 4.69) is 16.4 Å². The zero-order chi connectivity index (χ0) is 33.4. The Morgan fingerprint density at radius 2 is 1.83 bits per heavy atom. The van der Waals surface area contributed by atoms with Crippen LogP contribution in [0.1, 0.15) is 48.2 Å². The van der Waals surface area contributed by atoms with Crippen LogP contribution in [0.25, 0.3) is 0 Å². The number of nitrogens with zero attached hydrogens (tertiary/aromatic N) is 4. The summed E-state index contributed by atoms with van der Waals surface area (Å²) in [6.07, 6.45) is -2.25. The highest BCUT2D eigenvalue weighted by atomic mass is 32.1. The van der Waals surface area contributed by atoms with Gasteiger partial charge < -0.3 is 20.5 Å². The Hall–Kier alpha value is -4.60. The predicted octanol–water partition coefficient (Wildman–Crippen LogP) is 6.92. The molecule has 0 saturated heterocycles. The van der Waals surface area contributed by atoms with Gasteiger partial charge in [0.05, 0.1) is 35.6 Å². The van der Waals surface area contributed by atoms with Crippen molar-refractivity contribution in [3.63, 3.8) is 0 Å². The van der Waals surface area contributed by atoms with E-state index in [0.717, 1.165) is 11.6 Å². The number of nitrogens with two attached hydrogens (primary N) is 1. The minimum Gasteiger partial charge on any atom is -0.332 e. The number of halogens is 4. The van der Waals surface area contributed by atoms with Crippen LogP contribution in [0.4, 0.5) is 23.2 Å². The molecule has 3 N–H and O–H groups in total. The fourth-order valence-electron chi connectivity index (χ4n) is 5.21. The molecule has 3 aromatic carbocycles. The van der Waals surface area contributed by atoms with Crippen LogP contribution in [0.2, 0.25) is 0 Å². The maximum absolute atomic E-state index is 14.0. The van der Waals surface area contributed by atoms with E-state index in [9.17, 15) is 22.4 Å². The standard InChI is InChI=1S/C34H34F4N6OS/c1-22(2)14-29(31(45)16-28-18-41-21-43(28)19-24-12-10-23(17-39)11-13-24)32(40)44(33(46)42-27-8-5-7-26(35)15-27)20-25-6-3-4-9-30(25)34(36,37)38/h3-13,15,18,21-22,29,32H,14,16,19-20,40H2,1-2H3,(H,42,46)/t29-,32?/m1/s1. The average Bonchev–Trinajstić information content (AvgIpc) is 3.44. The van der Waals surface area contributed by atoms with Gasteiger partial charge in [-0.2, -0.15) is 18.4 Å². The van der Waals surface area contributed by atoms with E-state index in [0.29, 0.717) is 24.2 Å². The number of anilines is 1. The molecule has 1 aromatic heterocycles. The summed E-state index contributed by atoms with van der Waals surface area (Å²) in [5.41, 5.74) is 8.22. The van der Waals surface area contributed by atoms with Crippen LogP contribution in [0.5, 0.6) is 0 Å². The lowest BCUT2D eigenvalue weighted by Crippen LogP contribution is -2.53. The van der Waals surface area contributed by atoms with Crippen LogP contribution < -0.4 is 11.1 Å². The van der Waals surface area contributed by atoms with Crippen LogP contribution in [0.15, 0.2) is 85.3 Å². The van der Waals surface area contributed by atoms with E-state index in [1.165, 1.54) is 41.3 Å². The largest absolute Gasteiger partial charge is 0.416 e. The predicted molar refractivity (Wildman–Crippen MR) is 172 cm³/mol. The van der Waals surface area contributed by atoms with Crippen molar-refractivity contribution in [3.8, 4) is 6.07 Å². The number of rotatable bonds is 12. The summed E-state index contributed by atoms with van der Waals surface area (Å²) < 4.78 is 57.7. The summed E-state index contributed by atoms with van der Waals surface area (Å²) in [7, 11) is 0. The Morgan fingerprint density at radius 1 is 1.11 bits per heavy atom. The molecule has 240 valence electrons. The number of ketones is 1. The van der Waals surface area contributed by atoms with Crippen molar-refractivity contribution in [2.45, 2.75) is 52.1 Å². The molecule has 0 aliphatic carbocycles. The monoisotopic (exact) mass is 650 g/mol. The highest BCUT2D eigenvalue weighted by Gasteiger charge is 2.36. The zero-order valence-electron chi connectivity index (χ0n) is 25.3. The van der Waals surface area contributed by atoms with Crippen LogP contribution in [0.3, 0.4) is 0 Å². The van der Waals surface area contributed by atoms with Gasteiger partial charge in [-0.25, -0.2) is 9.37 Å². The number of imidazole rings is 1. The second kappa shape index (κ2) is 15.1. The Balaban J connectivity index is 1.64. The molecule has 2 atom stereocenters. The molecule has 0 amide bonds. The second-order valence-electron chi connectivity index (χ2n) is 11.4. The highest BCUT2D eigenvalue weighted by Crippen LogP contribution is 2.33. The Labute approximate surface area is 270 Å². The Morgan fingerprint density at radius 3 is 2.48 bits per heavy atom. The van der Waals surface area contributed by atoms with Gasteiger partial charge in [0.1, 0.15) is 11.6 Å². The van der Waals surface area contributed by atoms with Crippen LogP contribution in [0, 0.1) is 29.0 Å².